The number of aryl methyl sites for hydroxylation is 2. The van der Waals surface area contributed by atoms with E-state index in [2.05, 4.69) is 20.5 Å². The lowest BCUT2D eigenvalue weighted by Crippen LogP contribution is -2.41. The first kappa shape index (κ1) is 22.7. The molecule has 3 aromatic rings. The molecule has 3 aromatic heterocycles. The number of nitrogens with zero attached hydrogens (tertiary/aromatic N) is 6. The van der Waals surface area contributed by atoms with Gasteiger partial charge in [0.15, 0.2) is 5.65 Å². The van der Waals surface area contributed by atoms with Gasteiger partial charge in [-0.25, -0.2) is 14.6 Å². The standard InChI is InChI=1S/C23H29N7O3S/c1-14-24-19-17(12-28(2)26-19)23(33)30(14)27-20(31)18-13-34-21(25-18)15-8-10-29(11-9-15)22(32)16-6-4-3-5-7-16/h12-13,15-16H,3-11H2,1-2H3,(H,27,31). The van der Waals surface area contributed by atoms with Crippen molar-refractivity contribution >= 4 is 34.2 Å². The summed E-state index contributed by atoms with van der Waals surface area (Å²) in [5, 5.41) is 7.12. The van der Waals surface area contributed by atoms with Crippen LogP contribution in [-0.4, -0.2) is 54.2 Å². The number of nitrogens with one attached hydrogen (secondary N) is 1. The monoisotopic (exact) mass is 483 g/mol. The van der Waals surface area contributed by atoms with E-state index < -0.39 is 5.91 Å². The molecule has 1 N–H and O–H groups in total. The Morgan fingerprint density at radius 2 is 1.82 bits per heavy atom. The molecule has 2 amide bonds. The smallest absolute Gasteiger partial charge is 0.289 e. The van der Waals surface area contributed by atoms with Crippen LogP contribution in [0, 0.1) is 12.8 Å². The molecule has 0 atom stereocenters. The van der Waals surface area contributed by atoms with E-state index in [4.69, 9.17) is 0 Å². The second kappa shape index (κ2) is 9.28. The predicted molar refractivity (Wildman–Crippen MR) is 128 cm³/mol. The van der Waals surface area contributed by atoms with E-state index in [9.17, 15) is 14.4 Å². The maximum Gasteiger partial charge on any atom is 0.289 e. The van der Waals surface area contributed by atoms with Crippen molar-refractivity contribution in [2.45, 2.75) is 57.8 Å². The summed E-state index contributed by atoms with van der Waals surface area (Å²) >= 11 is 1.46. The number of thiazole rings is 1. The third kappa shape index (κ3) is 4.36. The first-order valence-corrected chi connectivity index (χ1v) is 12.8. The van der Waals surface area contributed by atoms with Crippen molar-refractivity contribution in [1.29, 1.82) is 0 Å². The van der Waals surface area contributed by atoms with E-state index in [1.54, 1.807) is 25.5 Å². The highest BCUT2D eigenvalue weighted by atomic mass is 32.1. The maximum atomic E-state index is 12.8. The molecule has 0 unspecified atom stereocenters. The molecule has 180 valence electrons. The number of hydrogen-bond donors (Lipinski definition) is 1. The quantitative estimate of drug-likeness (QED) is 0.610. The van der Waals surface area contributed by atoms with Crippen molar-refractivity contribution < 1.29 is 9.59 Å². The number of carbonyl (C=O) groups excluding carboxylic acids is 2. The van der Waals surface area contributed by atoms with Crippen molar-refractivity contribution in [3.8, 4) is 0 Å². The van der Waals surface area contributed by atoms with E-state index in [0.717, 1.165) is 61.3 Å². The Morgan fingerprint density at radius 3 is 2.56 bits per heavy atom. The summed E-state index contributed by atoms with van der Waals surface area (Å²) in [4.78, 5) is 49.3. The summed E-state index contributed by atoms with van der Waals surface area (Å²) in [5.41, 5.74) is 2.87. The molecule has 0 radical (unpaired) electrons. The molecule has 1 aliphatic carbocycles. The number of amides is 2. The van der Waals surface area contributed by atoms with Crippen LogP contribution < -0.4 is 11.0 Å². The van der Waals surface area contributed by atoms with Gasteiger partial charge >= 0.3 is 0 Å². The van der Waals surface area contributed by atoms with Crippen LogP contribution in [0.1, 0.15) is 72.2 Å². The van der Waals surface area contributed by atoms with Gasteiger partial charge in [0.05, 0.1) is 5.01 Å². The van der Waals surface area contributed by atoms with Crippen LogP contribution in [0.5, 0.6) is 0 Å². The third-order valence-electron chi connectivity index (χ3n) is 6.91. The van der Waals surface area contributed by atoms with Gasteiger partial charge in [-0.05, 0) is 32.6 Å². The maximum absolute atomic E-state index is 12.8. The normalized spacial score (nSPS) is 17.9. The Labute approximate surface area is 201 Å². The highest BCUT2D eigenvalue weighted by Crippen LogP contribution is 2.32. The summed E-state index contributed by atoms with van der Waals surface area (Å²) in [5.74, 6) is 0.641. The molecule has 5 rings (SSSR count). The Kier molecular flexibility index (Phi) is 6.20. The first-order chi connectivity index (χ1) is 16.4. The van der Waals surface area contributed by atoms with E-state index in [0.29, 0.717) is 22.8 Å². The largest absolute Gasteiger partial charge is 0.342 e. The van der Waals surface area contributed by atoms with Gasteiger partial charge in [0.1, 0.15) is 16.9 Å². The van der Waals surface area contributed by atoms with Crippen LogP contribution in [0.3, 0.4) is 0 Å². The lowest BCUT2D eigenvalue weighted by atomic mass is 9.87. The molecular weight excluding hydrogens is 454 g/mol. The summed E-state index contributed by atoms with van der Waals surface area (Å²) in [6.45, 7) is 3.13. The molecule has 11 heteroatoms. The molecule has 34 heavy (non-hydrogen) atoms. The molecule has 0 bridgehead atoms. The average molecular weight is 484 g/mol. The van der Waals surface area contributed by atoms with Crippen LogP contribution >= 0.6 is 11.3 Å². The predicted octanol–water partition coefficient (Wildman–Crippen LogP) is 2.57. The molecule has 1 saturated carbocycles. The molecule has 4 heterocycles. The summed E-state index contributed by atoms with van der Waals surface area (Å²) in [7, 11) is 1.71. The number of likely N-dealkylation sites (tertiary alicyclic amines) is 1. The minimum atomic E-state index is -0.456. The Hall–Kier alpha value is -3.08. The fourth-order valence-electron chi connectivity index (χ4n) is 5.01. The van der Waals surface area contributed by atoms with E-state index in [1.807, 2.05) is 4.90 Å². The number of aromatic nitrogens is 5. The zero-order chi connectivity index (χ0) is 23.8. The van der Waals surface area contributed by atoms with Gasteiger partial charge in [0, 0.05) is 43.5 Å². The zero-order valence-electron chi connectivity index (χ0n) is 19.5. The SMILES string of the molecule is Cc1nc2nn(C)cc2c(=O)n1NC(=O)c1csc(C2CCN(C(=O)C3CCCCC3)CC2)n1. The molecular formula is C23H29N7O3S. The summed E-state index contributed by atoms with van der Waals surface area (Å²) in [6, 6.07) is 0. The van der Waals surface area contributed by atoms with Gasteiger partial charge in [-0.1, -0.05) is 19.3 Å². The van der Waals surface area contributed by atoms with Gasteiger partial charge < -0.3 is 4.90 Å². The Morgan fingerprint density at radius 1 is 1.09 bits per heavy atom. The fourth-order valence-corrected chi connectivity index (χ4v) is 5.98. The van der Waals surface area contributed by atoms with Gasteiger partial charge in [-0.15, -0.1) is 11.3 Å². The van der Waals surface area contributed by atoms with Gasteiger partial charge in [-0.3, -0.25) is 24.5 Å². The van der Waals surface area contributed by atoms with Gasteiger partial charge in [-0.2, -0.15) is 5.10 Å². The zero-order valence-corrected chi connectivity index (χ0v) is 20.3. The molecule has 10 nitrogen and oxygen atoms in total. The van der Waals surface area contributed by atoms with Crippen LogP contribution in [0.2, 0.25) is 0 Å². The van der Waals surface area contributed by atoms with E-state index >= 15 is 0 Å². The molecule has 2 fully saturated rings. The lowest BCUT2D eigenvalue weighted by Gasteiger charge is -2.34. The van der Waals surface area contributed by atoms with E-state index in [1.165, 1.54) is 22.4 Å². The second-order valence-electron chi connectivity index (χ2n) is 9.29. The van der Waals surface area contributed by atoms with Crippen LogP contribution in [0.25, 0.3) is 11.0 Å². The minimum Gasteiger partial charge on any atom is -0.342 e. The topological polar surface area (TPSA) is 115 Å². The highest BCUT2D eigenvalue weighted by Gasteiger charge is 2.30. The van der Waals surface area contributed by atoms with Gasteiger partial charge in [0.2, 0.25) is 5.91 Å². The summed E-state index contributed by atoms with van der Waals surface area (Å²) in [6.07, 6.45) is 8.91. The molecule has 1 aliphatic heterocycles. The van der Waals surface area contributed by atoms with Crippen LogP contribution in [0.15, 0.2) is 16.4 Å². The lowest BCUT2D eigenvalue weighted by molar-refractivity contribution is -0.137. The minimum absolute atomic E-state index is 0.202. The van der Waals surface area contributed by atoms with Gasteiger partial charge in [0.25, 0.3) is 11.5 Å². The summed E-state index contributed by atoms with van der Waals surface area (Å²) < 4.78 is 2.66. The van der Waals surface area contributed by atoms with Crippen molar-refractivity contribution in [1.82, 2.24) is 29.3 Å². The number of rotatable bonds is 4. The Bertz CT molecular complexity index is 1280. The van der Waals surface area contributed by atoms with Crippen molar-refractivity contribution in [3.63, 3.8) is 0 Å². The molecule has 1 saturated heterocycles. The number of carbonyl (C=O) groups is 2. The van der Waals surface area contributed by atoms with Crippen molar-refractivity contribution in [2.75, 3.05) is 18.5 Å². The molecule has 0 aromatic carbocycles. The molecule has 2 aliphatic rings. The highest BCUT2D eigenvalue weighted by molar-refractivity contribution is 7.09. The average Bonchev–Trinajstić information content (AvgIpc) is 3.49. The second-order valence-corrected chi connectivity index (χ2v) is 10.2. The number of hydrogen-bond acceptors (Lipinski definition) is 7. The van der Waals surface area contributed by atoms with Crippen LogP contribution in [0.4, 0.5) is 0 Å². The number of piperidine rings is 1. The van der Waals surface area contributed by atoms with E-state index in [-0.39, 0.29) is 23.1 Å². The van der Waals surface area contributed by atoms with Crippen LogP contribution in [-0.2, 0) is 11.8 Å². The first-order valence-electron chi connectivity index (χ1n) is 11.9. The fraction of sp³-hybridized carbons (Fsp3) is 0.565. The molecule has 0 spiro atoms. The van der Waals surface area contributed by atoms with Crippen molar-refractivity contribution in [2.24, 2.45) is 13.0 Å². The number of fused-ring (bicyclic) bond motifs is 1. The third-order valence-corrected chi connectivity index (χ3v) is 7.92. The Balaban J connectivity index is 1.23. The van der Waals surface area contributed by atoms with Crippen molar-refractivity contribution in [3.05, 3.63) is 38.5 Å².